The van der Waals surface area contributed by atoms with Crippen LogP contribution >= 0.6 is 0 Å². The number of carbonyl (C=O) groups excluding carboxylic acids is 1. The van der Waals surface area contributed by atoms with Crippen LogP contribution in [0.5, 0.6) is 0 Å². The normalized spacial score (nSPS) is 25.2. The molecule has 2 fully saturated rings. The zero-order valence-corrected chi connectivity index (χ0v) is 12.0. The lowest BCUT2D eigenvalue weighted by molar-refractivity contribution is -0.126. The first kappa shape index (κ1) is 14.7. The number of nitrogens with zero attached hydrogens (tertiary/aromatic N) is 1. The fraction of sp³-hybridized carbons (Fsp3) is 0.917. The fourth-order valence-corrected chi connectivity index (χ4v) is 4.39. The average Bonchev–Trinajstić information content (AvgIpc) is 3.19. The number of piperidine rings is 1. The van der Waals surface area contributed by atoms with E-state index in [0.29, 0.717) is 32.1 Å². The van der Waals surface area contributed by atoms with E-state index >= 15 is 0 Å². The van der Waals surface area contributed by atoms with Gasteiger partial charge in [-0.3, -0.25) is 4.79 Å². The Morgan fingerprint density at radius 2 is 2.05 bits per heavy atom. The first-order valence-electron chi connectivity index (χ1n) is 6.98. The van der Waals surface area contributed by atoms with Gasteiger partial charge < -0.3 is 11.1 Å². The molecule has 0 aromatic rings. The maximum Gasteiger partial charge on any atom is 0.224 e. The molecule has 0 bridgehead atoms. The Labute approximate surface area is 114 Å². The van der Waals surface area contributed by atoms with Crippen LogP contribution in [-0.4, -0.2) is 50.6 Å². The van der Waals surface area contributed by atoms with Gasteiger partial charge in [-0.2, -0.15) is 0 Å². The number of hydrogen-bond acceptors (Lipinski definition) is 4. The summed E-state index contributed by atoms with van der Waals surface area (Å²) in [5.74, 6) is 0.298. The van der Waals surface area contributed by atoms with Crippen LogP contribution in [0.3, 0.4) is 0 Å². The molecule has 0 spiro atoms. The Hall–Kier alpha value is -0.660. The van der Waals surface area contributed by atoms with E-state index in [1.165, 1.54) is 4.31 Å². The van der Waals surface area contributed by atoms with Gasteiger partial charge in [-0.25, -0.2) is 12.7 Å². The summed E-state index contributed by atoms with van der Waals surface area (Å²) in [7, 11) is -3.18. The van der Waals surface area contributed by atoms with Crippen molar-refractivity contribution in [2.75, 3.05) is 31.9 Å². The van der Waals surface area contributed by atoms with Crippen molar-refractivity contribution in [2.45, 2.75) is 25.7 Å². The van der Waals surface area contributed by atoms with Gasteiger partial charge in [0.05, 0.1) is 11.7 Å². The fourth-order valence-electron chi connectivity index (χ4n) is 2.44. The van der Waals surface area contributed by atoms with Gasteiger partial charge in [-0.05, 0) is 31.6 Å². The first-order chi connectivity index (χ1) is 9.03. The van der Waals surface area contributed by atoms with Gasteiger partial charge >= 0.3 is 0 Å². The summed E-state index contributed by atoms with van der Waals surface area (Å²) in [6.45, 7) is 1.73. The van der Waals surface area contributed by atoms with Crippen LogP contribution < -0.4 is 11.1 Å². The van der Waals surface area contributed by atoms with E-state index < -0.39 is 10.0 Å². The number of carbonyl (C=O) groups is 1. The molecule has 1 atom stereocenters. The highest BCUT2D eigenvalue weighted by molar-refractivity contribution is 7.89. The molecule has 1 aliphatic carbocycles. The summed E-state index contributed by atoms with van der Waals surface area (Å²) in [6, 6.07) is 0. The van der Waals surface area contributed by atoms with Crippen molar-refractivity contribution in [2.24, 2.45) is 17.6 Å². The van der Waals surface area contributed by atoms with E-state index in [0.717, 1.165) is 25.7 Å². The van der Waals surface area contributed by atoms with Gasteiger partial charge in [0.2, 0.25) is 15.9 Å². The number of hydrogen-bond donors (Lipinski definition) is 2. The Bertz CT molecular complexity index is 420. The lowest BCUT2D eigenvalue weighted by Gasteiger charge is -2.31. The SMILES string of the molecule is NCCNC(=O)C1CCCN(S(=O)(=O)CC2CC2)C1. The Balaban J connectivity index is 1.90. The minimum absolute atomic E-state index is 0.0724. The highest BCUT2D eigenvalue weighted by atomic mass is 32.2. The largest absolute Gasteiger partial charge is 0.355 e. The minimum Gasteiger partial charge on any atom is -0.355 e. The Kier molecular flexibility index (Phi) is 4.81. The number of nitrogens with one attached hydrogen (secondary N) is 1. The lowest BCUT2D eigenvalue weighted by Crippen LogP contribution is -2.46. The van der Waals surface area contributed by atoms with Gasteiger partial charge in [0.25, 0.3) is 0 Å². The molecule has 0 radical (unpaired) electrons. The van der Waals surface area contributed by atoms with E-state index in [1.54, 1.807) is 0 Å². The molecule has 110 valence electrons. The van der Waals surface area contributed by atoms with Crippen LogP contribution in [-0.2, 0) is 14.8 Å². The van der Waals surface area contributed by atoms with Crippen molar-refractivity contribution >= 4 is 15.9 Å². The Morgan fingerprint density at radius 3 is 2.68 bits per heavy atom. The number of amides is 1. The third-order valence-electron chi connectivity index (χ3n) is 3.74. The minimum atomic E-state index is -3.18. The lowest BCUT2D eigenvalue weighted by atomic mass is 9.99. The molecular formula is C12H23N3O3S. The molecule has 6 nitrogen and oxygen atoms in total. The molecule has 1 unspecified atom stereocenters. The smallest absolute Gasteiger partial charge is 0.224 e. The zero-order valence-electron chi connectivity index (χ0n) is 11.2. The molecule has 1 saturated carbocycles. The van der Waals surface area contributed by atoms with Gasteiger partial charge in [0, 0.05) is 26.2 Å². The summed E-state index contributed by atoms with van der Waals surface area (Å²) >= 11 is 0. The molecule has 1 aliphatic heterocycles. The van der Waals surface area contributed by atoms with Crippen molar-refractivity contribution in [1.29, 1.82) is 0 Å². The van der Waals surface area contributed by atoms with Crippen LogP contribution in [0.2, 0.25) is 0 Å². The second-order valence-corrected chi connectivity index (χ2v) is 7.51. The molecule has 3 N–H and O–H groups in total. The molecule has 0 aromatic carbocycles. The molecular weight excluding hydrogens is 266 g/mol. The molecule has 1 heterocycles. The van der Waals surface area contributed by atoms with Crippen molar-refractivity contribution in [3.8, 4) is 0 Å². The monoisotopic (exact) mass is 289 g/mol. The topological polar surface area (TPSA) is 92.5 Å². The van der Waals surface area contributed by atoms with Crippen molar-refractivity contribution < 1.29 is 13.2 Å². The summed E-state index contributed by atoms with van der Waals surface area (Å²) in [5, 5.41) is 2.74. The predicted molar refractivity (Wildman–Crippen MR) is 72.9 cm³/mol. The summed E-state index contributed by atoms with van der Waals surface area (Å²) in [5.41, 5.74) is 5.34. The van der Waals surface area contributed by atoms with Gasteiger partial charge in [-0.15, -0.1) is 0 Å². The van der Waals surface area contributed by atoms with E-state index in [9.17, 15) is 13.2 Å². The highest BCUT2D eigenvalue weighted by Crippen LogP contribution is 2.32. The third-order valence-corrected chi connectivity index (χ3v) is 5.75. The van der Waals surface area contributed by atoms with Crippen molar-refractivity contribution in [3.05, 3.63) is 0 Å². The van der Waals surface area contributed by atoms with Gasteiger partial charge in [0.15, 0.2) is 0 Å². The van der Waals surface area contributed by atoms with Crippen LogP contribution in [0.25, 0.3) is 0 Å². The van der Waals surface area contributed by atoms with E-state index in [-0.39, 0.29) is 17.6 Å². The maximum absolute atomic E-state index is 12.2. The van der Waals surface area contributed by atoms with Gasteiger partial charge in [0.1, 0.15) is 0 Å². The Morgan fingerprint density at radius 1 is 1.32 bits per heavy atom. The second-order valence-electron chi connectivity index (χ2n) is 5.50. The summed E-state index contributed by atoms with van der Waals surface area (Å²) in [4.78, 5) is 11.9. The van der Waals surface area contributed by atoms with Crippen molar-refractivity contribution in [1.82, 2.24) is 9.62 Å². The van der Waals surface area contributed by atoms with Crippen LogP contribution in [0.4, 0.5) is 0 Å². The first-order valence-corrected chi connectivity index (χ1v) is 8.59. The standard InChI is InChI=1S/C12H23N3O3S/c13-5-6-14-12(16)11-2-1-7-15(8-11)19(17,18)9-10-3-4-10/h10-11H,1-9,13H2,(H,14,16). The van der Waals surface area contributed by atoms with Gasteiger partial charge in [-0.1, -0.05) is 0 Å². The van der Waals surface area contributed by atoms with Crippen LogP contribution in [0.1, 0.15) is 25.7 Å². The highest BCUT2D eigenvalue weighted by Gasteiger charge is 2.36. The molecule has 2 aliphatic rings. The molecule has 1 saturated heterocycles. The van der Waals surface area contributed by atoms with Crippen molar-refractivity contribution in [3.63, 3.8) is 0 Å². The number of rotatable bonds is 6. The van der Waals surface area contributed by atoms with Crippen LogP contribution in [0.15, 0.2) is 0 Å². The quantitative estimate of drug-likeness (QED) is 0.690. The second kappa shape index (κ2) is 6.19. The predicted octanol–water partition coefficient (Wildman–Crippen LogP) is -0.487. The average molecular weight is 289 g/mol. The van der Waals surface area contributed by atoms with E-state index in [4.69, 9.17) is 5.73 Å². The van der Waals surface area contributed by atoms with Crippen LogP contribution in [0, 0.1) is 11.8 Å². The van der Waals surface area contributed by atoms with E-state index in [1.807, 2.05) is 0 Å². The molecule has 19 heavy (non-hydrogen) atoms. The summed E-state index contributed by atoms with van der Waals surface area (Å²) < 4.78 is 25.9. The number of nitrogens with two attached hydrogens (primary N) is 1. The molecule has 0 aromatic heterocycles. The number of sulfonamides is 1. The third kappa shape index (κ3) is 4.15. The molecule has 2 rings (SSSR count). The zero-order chi connectivity index (χ0) is 13.9. The molecule has 1 amide bonds. The maximum atomic E-state index is 12.2. The van der Waals surface area contributed by atoms with E-state index in [2.05, 4.69) is 5.32 Å². The molecule has 7 heteroatoms. The summed E-state index contributed by atoms with van der Waals surface area (Å²) in [6.07, 6.45) is 3.55.